The highest BCUT2D eigenvalue weighted by atomic mass is 16.3. The number of hydrogen-bond donors (Lipinski definition) is 1. The highest BCUT2D eigenvalue weighted by molar-refractivity contribution is 5.76. The maximum atomic E-state index is 10.0. The average Bonchev–Trinajstić information content (AvgIpc) is 2.77. The molecule has 3 nitrogen and oxygen atoms in total. The first-order chi connectivity index (χ1) is 8.67. The minimum atomic E-state index is -0.322. The standard InChI is InChI=1S/C15H29N2O/c1-4-6-7-8-9-10-11-15-16-12-13-17(15,5-2)14(3)18/h4,14,18H,1,5-13H2,2-3H3/q+1. The highest BCUT2D eigenvalue weighted by Gasteiger charge is 2.40. The van der Waals surface area contributed by atoms with E-state index in [0.717, 1.165) is 32.5 Å². The van der Waals surface area contributed by atoms with Crippen LogP contribution in [0.1, 0.15) is 52.4 Å². The maximum absolute atomic E-state index is 10.0. The van der Waals surface area contributed by atoms with Crippen molar-refractivity contribution in [2.45, 2.75) is 58.6 Å². The lowest BCUT2D eigenvalue weighted by Gasteiger charge is -2.36. The predicted molar refractivity (Wildman–Crippen MR) is 77.6 cm³/mol. The second-order valence-electron chi connectivity index (χ2n) is 5.25. The highest BCUT2D eigenvalue weighted by Crippen LogP contribution is 2.22. The van der Waals surface area contributed by atoms with E-state index in [4.69, 9.17) is 0 Å². The molecule has 0 aliphatic carbocycles. The van der Waals surface area contributed by atoms with Crippen molar-refractivity contribution in [1.82, 2.24) is 0 Å². The Labute approximate surface area is 112 Å². The fourth-order valence-corrected chi connectivity index (χ4v) is 2.86. The molecular formula is C15H29N2O+. The number of aliphatic imine (C=N–C) groups is 1. The first-order valence-corrected chi connectivity index (χ1v) is 7.37. The van der Waals surface area contributed by atoms with Crippen molar-refractivity contribution in [3.05, 3.63) is 12.7 Å². The number of quaternary nitrogens is 1. The zero-order valence-corrected chi connectivity index (χ0v) is 12.1. The first kappa shape index (κ1) is 15.4. The van der Waals surface area contributed by atoms with Crippen LogP contribution in [0.5, 0.6) is 0 Å². The summed E-state index contributed by atoms with van der Waals surface area (Å²) in [4.78, 5) is 4.63. The minimum Gasteiger partial charge on any atom is -0.345 e. The molecule has 1 rings (SSSR count). The molecule has 0 saturated heterocycles. The topological polar surface area (TPSA) is 32.6 Å². The van der Waals surface area contributed by atoms with E-state index in [0.29, 0.717) is 4.48 Å². The van der Waals surface area contributed by atoms with Gasteiger partial charge in [0, 0.05) is 13.3 Å². The van der Waals surface area contributed by atoms with Crippen LogP contribution in [0.2, 0.25) is 0 Å². The number of rotatable bonds is 9. The number of hydrogen-bond acceptors (Lipinski definition) is 2. The van der Waals surface area contributed by atoms with Crippen molar-refractivity contribution < 1.29 is 9.59 Å². The molecule has 0 bridgehead atoms. The van der Waals surface area contributed by atoms with Crippen molar-refractivity contribution in [3.8, 4) is 0 Å². The molecule has 0 spiro atoms. The molecule has 2 unspecified atom stereocenters. The largest absolute Gasteiger partial charge is 0.345 e. The molecule has 1 aliphatic heterocycles. The average molecular weight is 253 g/mol. The summed E-state index contributed by atoms with van der Waals surface area (Å²) >= 11 is 0. The molecular weight excluding hydrogens is 224 g/mol. The second-order valence-corrected chi connectivity index (χ2v) is 5.25. The number of unbranched alkanes of at least 4 members (excludes halogenated alkanes) is 4. The van der Waals surface area contributed by atoms with Crippen LogP contribution >= 0.6 is 0 Å². The van der Waals surface area contributed by atoms with E-state index in [2.05, 4.69) is 18.5 Å². The molecule has 0 amide bonds. The van der Waals surface area contributed by atoms with Gasteiger partial charge in [-0.1, -0.05) is 18.9 Å². The quantitative estimate of drug-likeness (QED) is 0.382. The van der Waals surface area contributed by atoms with Gasteiger partial charge in [0.1, 0.15) is 6.54 Å². The van der Waals surface area contributed by atoms with E-state index in [1.165, 1.54) is 31.5 Å². The lowest BCUT2D eigenvalue weighted by molar-refractivity contribution is -0.882. The van der Waals surface area contributed by atoms with Gasteiger partial charge in [-0.3, -0.25) is 4.48 Å². The van der Waals surface area contributed by atoms with Gasteiger partial charge in [-0.25, -0.2) is 4.99 Å². The summed E-state index contributed by atoms with van der Waals surface area (Å²) in [6, 6.07) is 0. The number of likely N-dealkylation sites (N-methyl/N-ethyl adjacent to an activating group) is 1. The third-order valence-electron chi connectivity index (χ3n) is 4.15. The zero-order valence-electron chi connectivity index (χ0n) is 12.1. The van der Waals surface area contributed by atoms with Crippen LogP contribution in [-0.4, -0.2) is 41.3 Å². The van der Waals surface area contributed by atoms with Gasteiger partial charge in [0.25, 0.3) is 0 Å². The molecule has 1 heterocycles. The maximum Gasteiger partial charge on any atom is 0.200 e. The molecule has 0 fully saturated rings. The first-order valence-electron chi connectivity index (χ1n) is 7.37. The zero-order chi connectivity index (χ0) is 13.4. The van der Waals surface area contributed by atoms with Crippen molar-refractivity contribution in [3.63, 3.8) is 0 Å². The van der Waals surface area contributed by atoms with E-state index in [1.54, 1.807) is 0 Å². The summed E-state index contributed by atoms with van der Waals surface area (Å²) in [6.07, 6.45) is 8.83. The van der Waals surface area contributed by atoms with Gasteiger partial charge in [-0.2, -0.15) is 0 Å². The van der Waals surface area contributed by atoms with Crippen LogP contribution in [0, 0.1) is 0 Å². The molecule has 0 aromatic carbocycles. The van der Waals surface area contributed by atoms with Crippen LogP contribution in [0.4, 0.5) is 0 Å². The Morgan fingerprint density at radius 3 is 2.72 bits per heavy atom. The third kappa shape index (κ3) is 3.66. The predicted octanol–water partition coefficient (Wildman–Crippen LogP) is 3.10. The van der Waals surface area contributed by atoms with Crippen molar-refractivity contribution in [1.29, 1.82) is 0 Å². The monoisotopic (exact) mass is 253 g/mol. The van der Waals surface area contributed by atoms with E-state index < -0.39 is 0 Å². The Hall–Kier alpha value is -0.670. The Morgan fingerprint density at radius 1 is 1.39 bits per heavy atom. The van der Waals surface area contributed by atoms with Gasteiger partial charge in [0.15, 0.2) is 6.23 Å². The Bertz CT molecular complexity index is 286. The molecule has 1 aliphatic rings. The number of nitrogens with zero attached hydrogens (tertiary/aromatic N) is 2. The molecule has 18 heavy (non-hydrogen) atoms. The van der Waals surface area contributed by atoms with Crippen molar-refractivity contribution in [2.24, 2.45) is 4.99 Å². The van der Waals surface area contributed by atoms with Crippen LogP contribution in [0.15, 0.2) is 17.6 Å². The SMILES string of the molecule is C=CCCCCCCC1=NCC[N+]1(CC)C(C)O. The smallest absolute Gasteiger partial charge is 0.200 e. The normalized spacial score (nSPS) is 24.9. The van der Waals surface area contributed by atoms with Crippen LogP contribution in [0.25, 0.3) is 0 Å². The van der Waals surface area contributed by atoms with E-state index in [9.17, 15) is 5.11 Å². The van der Waals surface area contributed by atoms with Gasteiger partial charge in [-0.05, 0) is 26.2 Å². The van der Waals surface area contributed by atoms with Crippen molar-refractivity contribution in [2.75, 3.05) is 19.6 Å². The summed E-state index contributed by atoms with van der Waals surface area (Å²) in [5.74, 6) is 1.22. The van der Waals surface area contributed by atoms with E-state index >= 15 is 0 Å². The summed E-state index contributed by atoms with van der Waals surface area (Å²) < 4.78 is 0.701. The van der Waals surface area contributed by atoms with Gasteiger partial charge >= 0.3 is 0 Å². The van der Waals surface area contributed by atoms with Gasteiger partial charge in [-0.15, -0.1) is 6.58 Å². The van der Waals surface area contributed by atoms with Crippen LogP contribution < -0.4 is 0 Å². The van der Waals surface area contributed by atoms with Gasteiger partial charge in [0.2, 0.25) is 5.84 Å². The number of aliphatic hydroxyl groups excluding tert-OH is 1. The van der Waals surface area contributed by atoms with E-state index in [-0.39, 0.29) is 6.23 Å². The lowest BCUT2D eigenvalue weighted by atomic mass is 10.1. The second kappa shape index (κ2) is 7.70. The summed E-state index contributed by atoms with van der Waals surface area (Å²) in [5, 5.41) is 10.0. The number of amidine groups is 1. The number of aliphatic hydroxyl groups is 1. The molecule has 0 aromatic heterocycles. The molecule has 3 heteroatoms. The fourth-order valence-electron chi connectivity index (χ4n) is 2.86. The molecule has 2 atom stereocenters. The Kier molecular flexibility index (Phi) is 6.58. The summed E-state index contributed by atoms with van der Waals surface area (Å²) in [6.45, 7) is 10.6. The van der Waals surface area contributed by atoms with E-state index in [1.807, 2.05) is 13.0 Å². The third-order valence-corrected chi connectivity index (χ3v) is 4.15. The van der Waals surface area contributed by atoms with Gasteiger partial charge < -0.3 is 5.11 Å². The molecule has 0 aromatic rings. The van der Waals surface area contributed by atoms with Crippen LogP contribution in [-0.2, 0) is 0 Å². The number of allylic oxidation sites excluding steroid dienone is 1. The fraction of sp³-hybridized carbons (Fsp3) is 0.800. The summed E-state index contributed by atoms with van der Waals surface area (Å²) in [7, 11) is 0. The molecule has 0 saturated carbocycles. The van der Waals surface area contributed by atoms with Gasteiger partial charge in [0.05, 0.1) is 13.1 Å². The lowest BCUT2D eigenvalue weighted by Crippen LogP contribution is -2.56. The van der Waals surface area contributed by atoms with Crippen molar-refractivity contribution >= 4 is 5.84 Å². The molecule has 1 N–H and O–H groups in total. The summed E-state index contributed by atoms with van der Waals surface area (Å²) in [5.41, 5.74) is 0. The Morgan fingerprint density at radius 2 is 2.11 bits per heavy atom. The van der Waals surface area contributed by atoms with Crippen LogP contribution in [0.3, 0.4) is 0 Å². The minimum absolute atomic E-state index is 0.322. The molecule has 104 valence electrons. The molecule has 0 radical (unpaired) electrons. The Balaban J connectivity index is 2.34.